The van der Waals surface area contributed by atoms with Gasteiger partial charge in [-0.25, -0.2) is 4.98 Å². The second kappa shape index (κ2) is 6.04. The first-order chi connectivity index (χ1) is 12.0. The Morgan fingerprint density at radius 2 is 2.08 bits per heavy atom. The molecule has 1 aliphatic rings. The lowest BCUT2D eigenvalue weighted by atomic mass is 10.1. The maximum Gasteiger partial charge on any atom is 0.290 e. The molecule has 0 unspecified atom stereocenters. The molecule has 25 heavy (non-hydrogen) atoms. The monoisotopic (exact) mass is 339 g/mol. The number of amides is 1. The zero-order chi connectivity index (χ0) is 17.6. The van der Waals surface area contributed by atoms with Crippen molar-refractivity contribution in [2.45, 2.75) is 20.0 Å². The van der Waals surface area contributed by atoms with Crippen molar-refractivity contribution in [3.05, 3.63) is 53.3 Å². The van der Waals surface area contributed by atoms with Crippen molar-refractivity contribution in [2.75, 3.05) is 19.7 Å². The van der Waals surface area contributed by atoms with Crippen molar-refractivity contribution in [1.29, 1.82) is 0 Å². The van der Waals surface area contributed by atoms with Crippen LogP contribution in [0, 0.1) is 13.8 Å². The third-order valence-corrected chi connectivity index (χ3v) is 4.71. The van der Waals surface area contributed by atoms with E-state index in [9.17, 15) is 4.79 Å². The summed E-state index contributed by atoms with van der Waals surface area (Å²) in [4.78, 5) is 19.3. The maximum atomic E-state index is 13.0. The number of benzene rings is 1. The van der Waals surface area contributed by atoms with Crippen LogP contribution in [0.15, 0.2) is 34.9 Å². The Kier molecular flexibility index (Phi) is 3.84. The summed E-state index contributed by atoms with van der Waals surface area (Å²) in [6.45, 7) is 5.39. The largest absolute Gasteiger partial charge is 0.451 e. The van der Waals surface area contributed by atoms with Gasteiger partial charge >= 0.3 is 0 Å². The molecule has 0 aliphatic carbocycles. The molecule has 0 radical (unpaired) electrons. The number of morpholine rings is 1. The fraction of sp³-hybridized carbons (Fsp3) is 0.368. The van der Waals surface area contributed by atoms with Crippen LogP contribution in [-0.4, -0.2) is 40.1 Å². The van der Waals surface area contributed by atoms with E-state index in [4.69, 9.17) is 9.15 Å². The summed E-state index contributed by atoms with van der Waals surface area (Å²) in [5.74, 6) is 1.17. The van der Waals surface area contributed by atoms with Crippen LogP contribution >= 0.6 is 0 Å². The van der Waals surface area contributed by atoms with Crippen LogP contribution in [0.2, 0.25) is 0 Å². The van der Waals surface area contributed by atoms with Crippen molar-refractivity contribution >= 4 is 16.9 Å². The van der Waals surface area contributed by atoms with Crippen LogP contribution < -0.4 is 0 Å². The molecule has 6 nitrogen and oxygen atoms in total. The van der Waals surface area contributed by atoms with E-state index >= 15 is 0 Å². The van der Waals surface area contributed by atoms with Gasteiger partial charge in [-0.05, 0) is 19.9 Å². The lowest BCUT2D eigenvalue weighted by Crippen LogP contribution is -2.42. The molecule has 0 bridgehead atoms. The highest BCUT2D eigenvalue weighted by Crippen LogP contribution is 2.28. The molecule has 0 N–H and O–H groups in total. The molecule has 3 heterocycles. The number of carbonyl (C=O) groups excluding carboxylic acids is 1. The predicted molar refractivity (Wildman–Crippen MR) is 93.5 cm³/mol. The van der Waals surface area contributed by atoms with E-state index in [1.54, 1.807) is 4.90 Å². The van der Waals surface area contributed by atoms with Crippen LogP contribution in [0.3, 0.4) is 0 Å². The standard InChI is InChI=1S/C19H21N3O3/c1-12-10-21(3)18(20-12)16-11-22(8-9-24-16)19(23)17-13(2)14-6-4-5-7-15(14)25-17/h4-7,10,16H,8-9,11H2,1-3H3/t16-/m0/s1. The smallest absolute Gasteiger partial charge is 0.290 e. The second-order valence-electron chi connectivity index (χ2n) is 6.51. The lowest BCUT2D eigenvalue weighted by Gasteiger charge is -2.32. The molecule has 6 heteroatoms. The molecule has 1 atom stereocenters. The van der Waals surface area contributed by atoms with E-state index in [1.165, 1.54) is 0 Å². The number of carbonyl (C=O) groups is 1. The number of fused-ring (bicyclic) bond motifs is 1. The summed E-state index contributed by atoms with van der Waals surface area (Å²) in [6.07, 6.45) is 1.74. The predicted octanol–water partition coefficient (Wildman–Crippen LogP) is 3.00. The van der Waals surface area contributed by atoms with Gasteiger partial charge in [0, 0.05) is 30.7 Å². The number of rotatable bonds is 2. The van der Waals surface area contributed by atoms with Gasteiger partial charge in [-0.1, -0.05) is 18.2 Å². The van der Waals surface area contributed by atoms with E-state index in [0.717, 1.165) is 28.1 Å². The Morgan fingerprint density at radius 1 is 1.28 bits per heavy atom. The van der Waals surface area contributed by atoms with E-state index in [-0.39, 0.29) is 12.0 Å². The third-order valence-electron chi connectivity index (χ3n) is 4.71. The second-order valence-corrected chi connectivity index (χ2v) is 6.51. The molecule has 1 fully saturated rings. The van der Waals surface area contributed by atoms with Gasteiger partial charge in [0.1, 0.15) is 17.5 Å². The average molecular weight is 339 g/mol. The van der Waals surface area contributed by atoms with Crippen molar-refractivity contribution < 1.29 is 13.9 Å². The van der Waals surface area contributed by atoms with Gasteiger partial charge < -0.3 is 18.6 Å². The molecule has 4 rings (SSSR count). The Morgan fingerprint density at radius 3 is 2.80 bits per heavy atom. The normalized spacial score (nSPS) is 18.0. The number of imidazole rings is 1. The van der Waals surface area contributed by atoms with Gasteiger partial charge in [0.05, 0.1) is 18.8 Å². The average Bonchev–Trinajstić information content (AvgIpc) is 3.14. The van der Waals surface area contributed by atoms with Crippen LogP contribution in [-0.2, 0) is 11.8 Å². The summed E-state index contributed by atoms with van der Waals surface area (Å²) >= 11 is 0. The highest BCUT2D eigenvalue weighted by molar-refractivity contribution is 5.99. The fourth-order valence-corrected chi connectivity index (χ4v) is 3.45. The molecule has 1 amide bonds. The van der Waals surface area contributed by atoms with Crippen molar-refractivity contribution in [1.82, 2.24) is 14.5 Å². The third kappa shape index (κ3) is 2.72. The summed E-state index contributed by atoms with van der Waals surface area (Å²) in [7, 11) is 1.95. The number of aryl methyl sites for hydroxylation is 3. The van der Waals surface area contributed by atoms with Crippen LogP contribution in [0.25, 0.3) is 11.0 Å². The minimum absolute atomic E-state index is 0.0899. The number of para-hydroxylation sites is 1. The van der Waals surface area contributed by atoms with Gasteiger partial charge in [0.25, 0.3) is 5.91 Å². The summed E-state index contributed by atoms with van der Waals surface area (Å²) in [6, 6.07) is 7.72. The van der Waals surface area contributed by atoms with E-state index < -0.39 is 0 Å². The Hall–Kier alpha value is -2.60. The fourth-order valence-electron chi connectivity index (χ4n) is 3.45. The Balaban J connectivity index is 1.61. The molecule has 1 aliphatic heterocycles. The number of hydrogen-bond acceptors (Lipinski definition) is 4. The number of aromatic nitrogens is 2. The number of nitrogens with zero attached hydrogens (tertiary/aromatic N) is 3. The van der Waals surface area contributed by atoms with Crippen LogP contribution in [0.5, 0.6) is 0 Å². The van der Waals surface area contributed by atoms with Crippen molar-refractivity contribution in [3.8, 4) is 0 Å². The number of ether oxygens (including phenoxy) is 1. The molecular weight excluding hydrogens is 318 g/mol. The lowest BCUT2D eigenvalue weighted by molar-refractivity contribution is -0.0288. The van der Waals surface area contributed by atoms with Gasteiger partial charge in [-0.2, -0.15) is 0 Å². The topological polar surface area (TPSA) is 60.5 Å². The molecule has 130 valence electrons. The molecule has 1 saturated heterocycles. The van der Waals surface area contributed by atoms with E-state index in [2.05, 4.69) is 4.98 Å². The molecule has 3 aromatic rings. The van der Waals surface area contributed by atoms with Crippen molar-refractivity contribution in [3.63, 3.8) is 0 Å². The van der Waals surface area contributed by atoms with E-state index in [0.29, 0.717) is 25.5 Å². The molecule has 0 saturated carbocycles. The highest BCUT2D eigenvalue weighted by Gasteiger charge is 2.31. The minimum Gasteiger partial charge on any atom is -0.451 e. The zero-order valence-electron chi connectivity index (χ0n) is 14.7. The first-order valence-corrected chi connectivity index (χ1v) is 8.43. The zero-order valence-corrected chi connectivity index (χ0v) is 14.7. The van der Waals surface area contributed by atoms with Crippen LogP contribution in [0.1, 0.15) is 33.7 Å². The van der Waals surface area contributed by atoms with Crippen molar-refractivity contribution in [2.24, 2.45) is 7.05 Å². The Labute approximate surface area is 146 Å². The quantitative estimate of drug-likeness (QED) is 0.720. The molecule has 1 aromatic carbocycles. The number of furan rings is 1. The summed E-state index contributed by atoms with van der Waals surface area (Å²) in [5, 5.41) is 0.982. The first kappa shape index (κ1) is 15.9. The highest BCUT2D eigenvalue weighted by atomic mass is 16.5. The Bertz CT molecular complexity index is 941. The van der Waals surface area contributed by atoms with Gasteiger partial charge in [0.2, 0.25) is 0 Å². The SMILES string of the molecule is Cc1cn(C)c([C@@H]2CN(C(=O)c3oc4ccccc4c3C)CCO2)n1. The van der Waals surface area contributed by atoms with Gasteiger partial charge in [0.15, 0.2) is 5.76 Å². The maximum absolute atomic E-state index is 13.0. The molecule has 0 spiro atoms. The molecule has 2 aromatic heterocycles. The van der Waals surface area contributed by atoms with E-state index in [1.807, 2.05) is 55.9 Å². The van der Waals surface area contributed by atoms with Gasteiger partial charge in [-0.15, -0.1) is 0 Å². The summed E-state index contributed by atoms with van der Waals surface area (Å²) < 4.78 is 13.6. The first-order valence-electron chi connectivity index (χ1n) is 8.43. The van der Waals surface area contributed by atoms with Gasteiger partial charge in [-0.3, -0.25) is 4.79 Å². The van der Waals surface area contributed by atoms with Crippen LogP contribution in [0.4, 0.5) is 0 Å². The molecular formula is C19H21N3O3. The summed E-state index contributed by atoms with van der Waals surface area (Å²) in [5.41, 5.74) is 2.57. The number of hydrogen-bond donors (Lipinski definition) is 0. The minimum atomic E-state index is -0.221.